The molecule has 0 spiro atoms. The predicted molar refractivity (Wildman–Crippen MR) is 130 cm³/mol. The van der Waals surface area contributed by atoms with Crippen LogP contribution in [0, 0.1) is 13.8 Å². The molecule has 1 saturated heterocycles. The number of anilines is 3. The van der Waals surface area contributed by atoms with E-state index in [-0.39, 0.29) is 11.8 Å². The summed E-state index contributed by atoms with van der Waals surface area (Å²) in [5.41, 5.74) is 3.21. The van der Waals surface area contributed by atoms with E-state index in [0.717, 1.165) is 30.3 Å². The van der Waals surface area contributed by atoms with E-state index in [2.05, 4.69) is 25.6 Å². The number of carbonyl (C=O) groups excluding carboxylic acids is 2. The Hall–Kier alpha value is -3.39. The second kappa shape index (κ2) is 9.62. The van der Waals surface area contributed by atoms with E-state index in [4.69, 9.17) is 11.6 Å². The summed E-state index contributed by atoms with van der Waals surface area (Å²) in [7, 11) is 0. The molecule has 1 aromatic carbocycles. The van der Waals surface area contributed by atoms with E-state index in [9.17, 15) is 9.59 Å². The summed E-state index contributed by atoms with van der Waals surface area (Å²) in [6, 6.07) is 10.0. The van der Waals surface area contributed by atoms with Gasteiger partial charge < -0.3 is 15.5 Å². The molecule has 33 heavy (non-hydrogen) atoms. The van der Waals surface area contributed by atoms with Gasteiger partial charge in [-0.2, -0.15) is 5.10 Å². The zero-order valence-corrected chi connectivity index (χ0v) is 19.7. The third-order valence-electron chi connectivity index (χ3n) is 5.72. The van der Waals surface area contributed by atoms with Crippen LogP contribution >= 0.6 is 11.6 Å². The van der Waals surface area contributed by atoms with Crippen LogP contribution in [-0.2, 0) is 4.79 Å². The summed E-state index contributed by atoms with van der Waals surface area (Å²) in [6.07, 6.45) is 3.92. The topological polar surface area (TPSA) is 92.2 Å². The normalized spacial score (nSPS) is 14.2. The molecule has 3 heterocycles. The Morgan fingerprint density at radius 3 is 2.42 bits per heavy atom. The van der Waals surface area contributed by atoms with Gasteiger partial charge in [-0.25, -0.2) is 4.98 Å². The van der Waals surface area contributed by atoms with Crippen molar-refractivity contribution >= 4 is 40.6 Å². The highest BCUT2D eigenvalue weighted by Gasteiger charge is 2.19. The van der Waals surface area contributed by atoms with Gasteiger partial charge in [0.05, 0.1) is 22.0 Å². The number of aromatic nitrogens is 3. The lowest BCUT2D eigenvalue weighted by atomic mass is 10.2. The van der Waals surface area contributed by atoms with Crippen LogP contribution in [0.15, 0.2) is 42.6 Å². The summed E-state index contributed by atoms with van der Waals surface area (Å²) in [5.74, 6) is 0.382. The summed E-state index contributed by atoms with van der Waals surface area (Å²) in [5, 5.41) is 10.3. The Kier molecular flexibility index (Phi) is 6.65. The molecule has 0 saturated carbocycles. The molecule has 1 atom stereocenters. The van der Waals surface area contributed by atoms with E-state index in [1.807, 2.05) is 26.0 Å². The number of benzene rings is 1. The maximum absolute atomic E-state index is 12.7. The molecule has 0 aliphatic carbocycles. The Bertz CT molecular complexity index is 1170. The Labute approximate surface area is 198 Å². The molecule has 2 N–H and O–H groups in total. The van der Waals surface area contributed by atoms with Crippen molar-refractivity contribution in [1.29, 1.82) is 0 Å². The third-order valence-corrected chi connectivity index (χ3v) is 6.03. The summed E-state index contributed by atoms with van der Waals surface area (Å²) in [6.45, 7) is 7.57. The van der Waals surface area contributed by atoms with Crippen molar-refractivity contribution in [3.05, 3.63) is 64.6 Å². The standard InChI is InChI=1S/C24H27ClN6O2/c1-15-12-16(2)31(29-15)17(3)23(32)28-21-8-7-19(13-20(21)25)27-24(33)18-6-9-22(26-14-18)30-10-4-5-11-30/h6-9,12-14,17H,4-5,10-11H2,1-3H3,(H,27,33)(H,28,32). The highest BCUT2D eigenvalue weighted by Crippen LogP contribution is 2.27. The first kappa shape index (κ1) is 22.8. The van der Waals surface area contributed by atoms with Crippen LogP contribution in [0.4, 0.5) is 17.2 Å². The van der Waals surface area contributed by atoms with Crippen LogP contribution in [-0.4, -0.2) is 39.7 Å². The molecule has 2 aromatic heterocycles. The molecule has 0 bridgehead atoms. The lowest BCUT2D eigenvalue weighted by molar-refractivity contribution is -0.119. The number of nitrogens with one attached hydrogen (secondary N) is 2. The number of nitrogens with zero attached hydrogens (tertiary/aromatic N) is 4. The van der Waals surface area contributed by atoms with E-state index in [1.54, 1.807) is 42.1 Å². The quantitative estimate of drug-likeness (QED) is 0.553. The number of aryl methyl sites for hydroxylation is 2. The number of hydrogen-bond acceptors (Lipinski definition) is 5. The fourth-order valence-electron chi connectivity index (χ4n) is 3.94. The average molecular weight is 467 g/mol. The second-order valence-corrected chi connectivity index (χ2v) is 8.69. The van der Waals surface area contributed by atoms with Crippen molar-refractivity contribution in [2.24, 2.45) is 0 Å². The van der Waals surface area contributed by atoms with Gasteiger partial charge >= 0.3 is 0 Å². The lowest BCUT2D eigenvalue weighted by Crippen LogP contribution is -2.25. The predicted octanol–water partition coefficient (Wildman–Crippen LogP) is 4.60. The van der Waals surface area contributed by atoms with Crippen LogP contribution < -0.4 is 15.5 Å². The van der Waals surface area contributed by atoms with Crippen molar-refractivity contribution < 1.29 is 9.59 Å². The molecular weight excluding hydrogens is 440 g/mol. The van der Waals surface area contributed by atoms with Crippen molar-refractivity contribution in [2.75, 3.05) is 28.6 Å². The number of carbonyl (C=O) groups is 2. The van der Waals surface area contributed by atoms with E-state index >= 15 is 0 Å². The number of amides is 2. The van der Waals surface area contributed by atoms with Gasteiger partial charge in [0.25, 0.3) is 5.91 Å². The highest BCUT2D eigenvalue weighted by atomic mass is 35.5. The first-order valence-electron chi connectivity index (χ1n) is 11.0. The minimum atomic E-state index is -0.495. The van der Waals surface area contributed by atoms with Crippen LogP contribution in [0.25, 0.3) is 0 Å². The van der Waals surface area contributed by atoms with Crippen LogP contribution in [0.3, 0.4) is 0 Å². The minimum Gasteiger partial charge on any atom is -0.357 e. The molecule has 9 heteroatoms. The van der Waals surface area contributed by atoms with Gasteiger partial charge in [-0.3, -0.25) is 14.3 Å². The smallest absolute Gasteiger partial charge is 0.257 e. The Morgan fingerprint density at radius 1 is 1.06 bits per heavy atom. The largest absolute Gasteiger partial charge is 0.357 e. The van der Waals surface area contributed by atoms with Crippen molar-refractivity contribution in [1.82, 2.24) is 14.8 Å². The molecule has 1 aliphatic rings. The van der Waals surface area contributed by atoms with Gasteiger partial charge in [-0.05, 0) is 70.0 Å². The monoisotopic (exact) mass is 466 g/mol. The lowest BCUT2D eigenvalue weighted by Gasteiger charge is -2.16. The molecule has 3 aromatic rings. The van der Waals surface area contributed by atoms with Crippen LogP contribution in [0.2, 0.25) is 5.02 Å². The first-order chi connectivity index (χ1) is 15.8. The Balaban J connectivity index is 1.39. The highest BCUT2D eigenvalue weighted by molar-refractivity contribution is 6.34. The zero-order valence-electron chi connectivity index (χ0n) is 18.9. The van der Waals surface area contributed by atoms with Crippen molar-refractivity contribution in [2.45, 2.75) is 39.7 Å². The minimum absolute atomic E-state index is 0.232. The van der Waals surface area contributed by atoms with E-state index in [0.29, 0.717) is 22.0 Å². The fourth-order valence-corrected chi connectivity index (χ4v) is 4.17. The zero-order chi connectivity index (χ0) is 23.5. The molecule has 4 rings (SSSR count). The summed E-state index contributed by atoms with van der Waals surface area (Å²) < 4.78 is 1.68. The van der Waals surface area contributed by atoms with Crippen LogP contribution in [0.5, 0.6) is 0 Å². The van der Waals surface area contributed by atoms with Gasteiger partial charge in [0.1, 0.15) is 11.9 Å². The number of hydrogen-bond donors (Lipinski definition) is 2. The van der Waals surface area contributed by atoms with E-state index < -0.39 is 6.04 Å². The van der Waals surface area contributed by atoms with Crippen molar-refractivity contribution in [3.8, 4) is 0 Å². The van der Waals surface area contributed by atoms with Gasteiger partial charge in [-0.15, -0.1) is 0 Å². The van der Waals surface area contributed by atoms with E-state index in [1.165, 1.54) is 12.8 Å². The fraction of sp³-hybridized carbons (Fsp3) is 0.333. The van der Waals surface area contributed by atoms with Gasteiger partial charge in [0.2, 0.25) is 5.91 Å². The average Bonchev–Trinajstić information content (AvgIpc) is 3.44. The van der Waals surface area contributed by atoms with Gasteiger partial charge in [-0.1, -0.05) is 11.6 Å². The molecule has 172 valence electrons. The SMILES string of the molecule is Cc1cc(C)n(C(C)C(=O)Nc2ccc(NC(=O)c3ccc(N4CCCC4)nc3)cc2Cl)n1. The molecule has 2 amide bonds. The third kappa shape index (κ3) is 5.17. The maximum atomic E-state index is 12.7. The molecule has 1 unspecified atom stereocenters. The Morgan fingerprint density at radius 2 is 1.82 bits per heavy atom. The summed E-state index contributed by atoms with van der Waals surface area (Å²) >= 11 is 6.38. The maximum Gasteiger partial charge on any atom is 0.257 e. The number of rotatable bonds is 6. The summed E-state index contributed by atoms with van der Waals surface area (Å²) in [4.78, 5) is 31.9. The molecular formula is C24H27ClN6O2. The van der Waals surface area contributed by atoms with Gasteiger partial charge in [0, 0.05) is 30.7 Å². The molecule has 8 nitrogen and oxygen atoms in total. The van der Waals surface area contributed by atoms with Crippen LogP contribution in [0.1, 0.15) is 47.6 Å². The number of halogens is 1. The molecule has 0 radical (unpaired) electrons. The van der Waals surface area contributed by atoms with Gasteiger partial charge in [0.15, 0.2) is 0 Å². The molecule has 1 aliphatic heterocycles. The first-order valence-corrected chi connectivity index (χ1v) is 11.3. The second-order valence-electron chi connectivity index (χ2n) is 8.28. The molecule has 1 fully saturated rings. The van der Waals surface area contributed by atoms with Crippen molar-refractivity contribution in [3.63, 3.8) is 0 Å². The number of pyridine rings is 1.